The van der Waals surface area contributed by atoms with Crippen molar-refractivity contribution < 1.29 is 19.1 Å². The molecule has 1 aliphatic rings. The van der Waals surface area contributed by atoms with Crippen LogP contribution in [0.15, 0.2) is 61.2 Å². The molecule has 31 heavy (non-hydrogen) atoms. The number of hydrogen-bond donors (Lipinski definition) is 0. The quantitative estimate of drug-likeness (QED) is 0.273. The zero-order valence-electron chi connectivity index (χ0n) is 18.3. The van der Waals surface area contributed by atoms with E-state index in [1.54, 1.807) is 12.1 Å². The van der Waals surface area contributed by atoms with Crippen LogP contribution in [0.5, 0.6) is 5.75 Å². The molecule has 1 aliphatic carbocycles. The standard InChI is InChI=1S/C27H32O4/c1-3-5-20-6-10-22(11-7-20)23-12-14-24(15-13-23)27(29)31-25-16-8-21(9-17-25)18-19-30-26(28)4-2/h4,8-9,12-17,20,22H,2-3,5-7,10-11,18-19H2,1H3. The molecule has 0 saturated heterocycles. The lowest BCUT2D eigenvalue weighted by atomic mass is 9.77. The van der Waals surface area contributed by atoms with Crippen LogP contribution in [0.2, 0.25) is 0 Å². The monoisotopic (exact) mass is 420 g/mol. The van der Waals surface area contributed by atoms with Crippen molar-refractivity contribution in [2.75, 3.05) is 6.61 Å². The number of hydrogen-bond acceptors (Lipinski definition) is 4. The van der Waals surface area contributed by atoms with Gasteiger partial charge < -0.3 is 9.47 Å². The molecular weight excluding hydrogens is 388 g/mol. The topological polar surface area (TPSA) is 52.6 Å². The summed E-state index contributed by atoms with van der Waals surface area (Å²) in [6.45, 7) is 5.92. The molecule has 0 aromatic heterocycles. The summed E-state index contributed by atoms with van der Waals surface area (Å²) in [6.07, 6.45) is 9.48. The van der Waals surface area contributed by atoms with E-state index in [4.69, 9.17) is 9.47 Å². The van der Waals surface area contributed by atoms with Crippen molar-refractivity contribution >= 4 is 11.9 Å². The van der Waals surface area contributed by atoms with Gasteiger partial charge in [0.25, 0.3) is 0 Å². The van der Waals surface area contributed by atoms with E-state index in [0.717, 1.165) is 17.6 Å². The van der Waals surface area contributed by atoms with Gasteiger partial charge in [0.1, 0.15) is 5.75 Å². The van der Waals surface area contributed by atoms with Crippen LogP contribution in [0.1, 0.15) is 72.9 Å². The van der Waals surface area contributed by atoms with Crippen LogP contribution in [0.4, 0.5) is 0 Å². The fourth-order valence-corrected chi connectivity index (χ4v) is 4.30. The highest BCUT2D eigenvalue weighted by molar-refractivity contribution is 5.91. The third-order valence-corrected chi connectivity index (χ3v) is 6.10. The summed E-state index contributed by atoms with van der Waals surface area (Å²) in [5.74, 6) is 1.21. The van der Waals surface area contributed by atoms with Gasteiger partial charge in [-0.3, -0.25) is 0 Å². The number of rotatable bonds is 9. The first-order valence-electron chi connectivity index (χ1n) is 11.3. The lowest BCUT2D eigenvalue weighted by Crippen LogP contribution is -2.13. The molecular formula is C27H32O4. The highest BCUT2D eigenvalue weighted by Gasteiger charge is 2.22. The maximum atomic E-state index is 12.5. The maximum Gasteiger partial charge on any atom is 0.343 e. The van der Waals surface area contributed by atoms with Crippen LogP contribution in [-0.2, 0) is 16.0 Å². The van der Waals surface area contributed by atoms with Gasteiger partial charge in [0.15, 0.2) is 0 Å². The molecule has 0 atom stereocenters. The Morgan fingerprint density at radius 1 is 1.00 bits per heavy atom. The fourth-order valence-electron chi connectivity index (χ4n) is 4.30. The summed E-state index contributed by atoms with van der Waals surface area (Å²) in [6, 6.07) is 15.1. The minimum atomic E-state index is -0.430. The summed E-state index contributed by atoms with van der Waals surface area (Å²) in [5.41, 5.74) is 2.88. The fraction of sp³-hybridized carbons (Fsp3) is 0.407. The van der Waals surface area contributed by atoms with Gasteiger partial charge in [0.2, 0.25) is 0 Å². The molecule has 0 amide bonds. The van der Waals surface area contributed by atoms with Crippen molar-refractivity contribution in [1.29, 1.82) is 0 Å². The van der Waals surface area contributed by atoms with Gasteiger partial charge in [-0.1, -0.05) is 50.6 Å². The van der Waals surface area contributed by atoms with Gasteiger partial charge in [0, 0.05) is 12.5 Å². The van der Waals surface area contributed by atoms with Crippen molar-refractivity contribution in [3.05, 3.63) is 77.9 Å². The predicted molar refractivity (Wildman–Crippen MR) is 122 cm³/mol. The molecule has 2 aromatic carbocycles. The van der Waals surface area contributed by atoms with E-state index in [0.29, 0.717) is 23.7 Å². The molecule has 164 valence electrons. The van der Waals surface area contributed by atoms with E-state index in [1.807, 2.05) is 24.3 Å². The average Bonchev–Trinajstić information content (AvgIpc) is 2.81. The van der Waals surface area contributed by atoms with Crippen molar-refractivity contribution in [3.8, 4) is 5.75 Å². The summed E-state index contributed by atoms with van der Waals surface area (Å²) in [4.78, 5) is 23.6. The van der Waals surface area contributed by atoms with E-state index < -0.39 is 5.97 Å². The second-order valence-electron chi connectivity index (χ2n) is 8.28. The Kier molecular flexibility index (Phi) is 8.45. The second-order valence-corrected chi connectivity index (χ2v) is 8.28. The molecule has 4 heteroatoms. The molecule has 0 heterocycles. The molecule has 0 bridgehead atoms. The van der Waals surface area contributed by atoms with Crippen molar-refractivity contribution in [2.24, 2.45) is 5.92 Å². The number of carbonyl (C=O) groups is 2. The van der Waals surface area contributed by atoms with Crippen LogP contribution in [0.25, 0.3) is 0 Å². The third-order valence-electron chi connectivity index (χ3n) is 6.10. The number of carbonyl (C=O) groups excluding carboxylic acids is 2. The van der Waals surface area contributed by atoms with E-state index >= 15 is 0 Å². The summed E-state index contributed by atoms with van der Waals surface area (Å²) in [7, 11) is 0. The van der Waals surface area contributed by atoms with Crippen molar-refractivity contribution in [1.82, 2.24) is 0 Å². The van der Waals surface area contributed by atoms with Crippen LogP contribution in [0.3, 0.4) is 0 Å². The number of esters is 2. The van der Waals surface area contributed by atoms with Crippen molar-refractivity contribution in [2.45, 2.75) is 57.8 Å². The van der Waals surface area contributed by atoms with E-state index in [2.05, 4.69) is 25.6 Å². The van der Waals surface area contributed by atoms with Crippen LogP contribution >= 0.6 is 0 Å². The first-order chi connectivity index (χ1) is 15.1. The van der Waals surface area contributed by atoms with E-state index in [1.165, 1.54) is 44.1 Å². The van der Waals surface area contributed by atoms with Gasteiger partial charge in [-0.25, -0.2) is 9.59 Å². The van der Waals surface area contributed by atoms with Gasteiger partial charge in [0.05, 0.1) is 12.2 Å². The predicted octanol–water partition coefficient (Wildman–Crippen LogP) is 6.25. The van der Waals surface area contributed by atoms with Crippen LogP contribution in [0, 0.1) is 5.92 Å². The third kappa shape index (κ3) is 6.81. The molecule has 0 aliphatic heterocycles. The molecule has 0 unspecified atom stereocenters. The Morgan fingerprint density at radius 2 is 1.68 bits per heavy atom. The maximum absolute atomic E-state index is 12.5. The normalized spacial score (nSPS) is 18.2. The Labute approximate surface area is 185 Å². The minimum absolute atomic E-state index is 0.288. The summed E-state index contributed by atoms with van der Waals surface area (Å²) >= 11 is 0. The van der Waals surface area contributed by atoms with Gasteiger partial charge >= 0.3 is 11.9 Å². The van der Waals surface area contributed by atoms with Gasteiger partial charge in [-0.15, -0.1) is 0 Å². The second kappa shape index (κ2) is 11.5. The first-order valence-corrected chi connectivity index (χ1v) is 11.3. The molecule has 0 N–H and O–H groups in total. The Hall–Kier alpha value is -2.88. The average molecular weight is 421 g/mol. The Bertz CT molecular complexity index is 859. The van der Waals surface area contributed by atoms with Crippen LogP contribution in [-0.4, -0.2) is 18.5 Å². The smallest absolute Gasteiger partial charge is 0.343 e. The zero-order chi connectivity index (χ0) is 22.1. The van der Waals surface area contributed by atoms with E-state index in [9.17, 15) is 9.59 Å². The van der Waals surface area contributed by atoms with Crippen molar-refractivity contribution in [3.63, 3.8) is 0 Å². The highest BCUT2D eigenvalue weighted by Crippen LogP contribution is 2.37. The molecule has 4 nitrogen and oxygen atoms in total. The number of ether oxygens (including phenoxy) is 2. The first kappa shape index (κ1) is 22.8. The summed E-state index contributed by atoms with van der Waals surface area (Å²) in [5, 5.41) is 0. The lowest BCUT2D eigenvalue weighted by molar-refractivity contribution is -0.137. The molecule has 1 saturated carbocycles. The van der Waals surface area contributed by atoms with E-state index in [-0.39, 0.29) is 12.6 Å². The molecule has 0 spiro atoms. The largest absolute Gasteiger partial charge is 0.462 e. The SMILES string of the molecule is C=CC(=O)OCCc1ccc(OC(=O)c2ccc(C3CCC(CCC)CC3)cc2)cc1. The minimum Gasteiger partial charge on any atom is -0.462 e. The number of benzene rings is 2. The van der Waals surface area contributed by atoms with Gasteiger partial charge in [-0.05, 0) is 72.9 Å². The molecule has 1 fully saturated rings. The van der Waals surface area contributed by atoms with Gasteiger partial charge in [-0.2, -0.15) is 0 Å². The molecule has 0 radical (unpaired) electrons. The Morgan fingerprint density at radius 3 is 2.29 bits per heavy atom. The highest BCUT2D eigenvalue weighted by atomic mass is 16.5. The molecule has 3 rings (SSSR count). The Balaban J connectivity index is 1.49. The zero-order valence-corrected chi connectivity index (χ0v) is 18.3. The summed E-state index contributed by atoms with van der Waals surface area (Å²) < 4.78 is 10.5. The van der Waals surface area contributed by atoms with Crippen LogP contribution < -0.4 is 4.74 Å². The lowest BCUT2D eigenvalue weighted by Gasteiger charge is -2.28. The molecule has 2 aromatic rings.